The highest BCUT2D eigenvalue weighted by atomic mass is 35.5. The predicted molar refractivity (Wildman–Crippen MR) is 90.5 cm³/mol. The fraction of sp³-hybridized carbons (Fsp3) is 0.250. The van der Waals surface area contributed by atoms with E-state index in [9.17, 15) is 9.59 Å². The first-order valence-electron chi connectivity index (χ1n) is 6.79. The number of halogens is 1. The molecule has 0 saturated carbocycles. The fourth-order valence-corrected chi connectivity index (χ4v) is 1.89. The van der Waals surface area contributed by atoms with Gasteiger partial charge in [-0.05, 0) is 31.5 Å². The molecule has 0 fully saturated rings. The van der Waals surface area contributed by atoms with E-state index in [1.165, 1.54) is 5.56 Å². The third-order valence-corrected chi connectivity index (χ3v) is 3.17. The normalized spacial score (nSPS) is 11.4. The lowest BCUT2D eigenvalue weighted by Crippen LogP contribution is -2.35. The van der Waals surface area contributed by atoms with E-state index >= 15 is 0 Å². The van der Waals surface area contributed by atoms with Crippen molar-refractivity contribution in [3.63, 3.8) is 0 Å². The van der Waals surface area contributed by atoms with Crippen molar-refractivity contribution in [2.75, 3.05) is 5.32 Å². The molecule has 0 aliphatic rings. The highest BCUT2D eigenvalue weighted by Crippen LogP contribution is 2.06. The minimum Gasteiger partial charge on any atom is -0.320 e. The van der Waals surface area contributed by atoms with E-state index in [4.69, 9.17) is 5.73 Å². The summed E-state index contributed by atoms with van der Waals surface area (Å²) < 4.78 is 1.56. The van der Waals surface area contributed by atoms with Gasteiger partial charge in [-0.3, -0.25) is 9.59 Å². The molecule has 2 rings (SSSR count). The van der Waals surface area contributed by atoms with Crippen LogP contribution < -0.4 is 16.6 Å². The van der Waals surface area contributed by atoms with Crippen molar-refractivity contribution in [1.82, 2.24) is 4.57 Å². The van der Waals surface area contributed by atoms with Crippen molar-refractivity contribution >= 4 is 24.0 Å². The van der Waals surface area contributed by atoms with Crippen LogP contribution in [0.2, 0.25) is 0 Å². The Labute approximate surface area is 135 Å². The number of aryl methyl sites for hydroxylation is 1. The first kappa shape index (κ1) is 17.9. The Kier molecular flexibility index (Phi) is 6.34. The van der Waals surface area contributed by atoms with Crippen LogP contribution in [0.15, 0.2) is 47.4 Å². The first-order valence-corrected chi connectivity index (χ1v) is 6.79. The summed E-state index contributed by atoms with van der Waals surface area (Å²) in [4.78, 5) is 23.9. The van der Waals surface area contributed by atoms with Crippen LogP contribution in [-0.2, 0) is 11.3 Å². The Balaban J connectivity index is 0.00000242. The maximum Gasteiger partial charge on any atom is 0.274 e. The summed E-state index contributed by atoms with van der Waals surface area (Å²) in [6.07, 6.45) is 1.70. The Morgan fingerprint density at radius 3 is 2.50 bits per heavy atom. The average Bonchev–Trinajstić information content (AvgIpc) is 2.45. The summed E-state index contributed by atoms with van der Waals surface area (Å²) in [6, 6.07) is 10.6. The summed E-state index contributed by atoms with van der Waals surface area (Å²) in [5.74, 6) is -0.375. The van der Waals surface area contributed by atoms with Crippen molar-refractivity contribution in [2.45, 2.75) is 26.4 Å². The summed E-state index contributed by atoms with van der Waals surface area (Å²) in [5.41, 5.74) is 7.68. The lowest BCUT2D eigenvalue weighted by molar-refractivity contribution is -0.117. The van der Waals surface area contributed by atoms with E-state index in [0.29, 0.717) is 6.54 Å². The molecule has 22 heavy (non-hydrogen) atoms. The number of benzene rings is 1. The molecule has 0 aliphatic carbocycles. The predicted octanol–water partition coefficient (Wildman–Crippen LogP) is 1.91. The molecule has 1 heterocycles. The second-order valence-corrected chi connectivity index (χ2v) is 5.12. The largest absolute Gasteiger partial charge is 0.320 e. The smallest absolute Gasteiger partial charge is 0.274 e. The zero-order chi connectivity index (χ0) is 15.4. The standard InChI is InChI=1S/C16H19N3O2.ClH/c1-11-5-7-13(8-6-11)10-19-9-3-4-14(16(19)21)18-15(20)12(2)17;/h3-9,12H,10,17H2,1-2H3,(H,18,20);1H/t12-;/m1./s1. The second kappa shape index (κ2) is 7.77. The van der Waals surface area contributed by atoms with Crippen LogP contribution in [0.25, 0.3) is 0 Å². The number of hydrogen-bond acceptors (Lipinski definition) is 3. The van der Waals surface area contributed by atoms with Gasteiger partial charge in [0.2, 0.25) is 5.91 Å². The van der Waals surface area contributed by atoms with E-state index < -0.39 is 6.04 Å². The van der Waals surface area contributed by atoms with Gasteiger partial charge in [0.15, 0.2) is 0 Å². The molecule has 1 aromatic heterocycles. The summed E-state index contributed by atoms with van der Waals surface area (Å²) in [5, 5.41) is 2.55. The molecule has 6 heteroatoms. The molecule has 3 N–H and O–H groups in total. The van der Waals surface area contributed by atoms with Gasteiger partial charge in [0.05, 0.1) is 12.6 Å². The molecule has 0 saturated heterocycles. The van der Waals surface area contributed by atoms with Gasteiger partial charge < -0.3 is 15.6 Å². The molecule has 1 amide bonds. The molecule has 0 spiro atoms. The highest BCUT2D eigenvalue weighted by molar-refractivity contribution is 5.94. The van der Waals surface area contributed by atoms with Crippen LogP contribution in [0.3, 0.4) is 0 Å². The van der Waals surface area contributed by atoms with Gasteiger partial charge >= 0.3 is 0 Å². The number of carbonyl (C=O) groups excluding carboxylic acids is 1. The molecule has 2 aromatic rings. The summed E-state index contributed by atoms with van der Waals surface area (Å²) >= 11 is 0. The maximum absolute atomic E-state index is 12.3. The van der Waals surface area contributed by atoms with Gasteiger partial charge in [0.25, 0.3) is 5.56 Å². The average molecular weight is 322 g/mol. The highest BCUT2D eigenvalue weighted by Gasteiger charge is 2.11. The third kappa shape index (κ3) is 4.44. The van der Waals surface area contributed by atoms with Crippen molar-refractivity contribution < 1.29 is 4.79 Å². The number of pyridine rings is 1. The van der Waals surface area contributed by atoms with E-state index in [-0.39, 0.29) is 29.6 Å². The number of nitrogens with two attached hydrogens (primary N) is 1. The molecule has 5 nitrogen and oxygen atoms in total. The Morgan fingerprint density at radius 1 is 1.27 bits per heavy atom. The molecule has 0 aliphatic heterocycles. The van der Waals surface area contributed by atoms with Crippen LogP contribution in [0.4, 0.5) is 5.69 Å². The van der Waals surface area contributed by atoms with E-state index in [1.807, 2.05) is 31.2 Å². The van der Waals surface area contributed by atoms with Crippen LogP contribution in [-0.4, -0.2) is 16.5 Å². The number of carbonyl (C=O) groups is 1. The third-order valence-electron chi connectivity index (χ3n) is 3.17. The molecule has 118 valence electrons. The van der Waals surface area contributed by atoms with Gasteiger partial charge in [-0.15, -0.1) is 12.4 Å². The minimum atomic E-state index is -0.657. The minimum absolute atomic E-state index is 0. The van der Waals surface area contributed by atoms with Crippen molar-refractivity contribution in [3.05, 3.63) is 64.1 Å². The maximum atomic E-state index is 12.3. The van der Waals surface area contributed by atoms with Crippen LogP contribution in [0.5, 0.6) is 0 Å². The molecular weight excluding hydrogens is 302 g/mol. The number of anilines is 1. The van der Waals surface area contributed by atoms with Crippen LogP contribution in [0.1, 0.15) is 18.1 Å². The van der Waals surface area contributed by atoms with Gasteiger partial charge in [-0.1, -0.05) is 29.8 Å². The number of rotatable bonds is 4. The number of nitrogens with zero attached hydrogens (tertiary/aromatic N) is 1. The van der Waals surface area contributed by atoms with Crippen molar-refractivity contribution in [1.29, 1.82) is 0 Å². The monoisotopic (exact) mass is 321 g/mol. The van der Waals surface area contributed by atoms with E-state index in [2.05, 4.69) is 5.32 Å². The molecule has 1 atom stereocenters. The zero-order valence-electron chi connectivity index (χ0n) is 12.6. The summed E-state index contributed by atoms with van der Waals surface area (Å²) in [7, 11) is 0. The number of nitrogens with one attached hydrogen (secondary N) is 1. The molecular formula is C16H20ClN3O2. The van der Waals surface area contributed by atoms with Crippen LogP contribution in [0, 0.1) is 6.92 Å². The van der Waals surface area contributed by atoms with Crippen molar-refractivity contribution in [3.8, 4) is 0 Å². The fourth-order valence-electron chi connectivity index (χ4n) is 1.89. The first-order chi connectivity index (χ1) is 9.97. The number of amides is 1. The second-order valence-electron chi connectivity index (χ2n) is 5.12. The van der Waals surface area contributed by atoms with Gasteiger partial charge in [-0.2, -0.15) is 0 Å². The molecule has 0 unspecified atom stereocenters. The van der Waals surface area contributed by atoms with Gasteiger partial charge in [0, 0.05) is 6.20 Å². The van der Waals surface area contributed by atoms with E-state index in [1.54, 1.807) is 29.8 Å². The van der Waals surface area contributed by atoms with Gasteiger partial charge in [0.1, 0.15) is 5.69 Å². The molecule has 1 aromatic carbocycles. The number of aromatic nitrogens is 1. The Morgan fingerprint density at radius 2 is 1.91 bits per heavy atom. The molecule has 0 bridgehead atoms. The zero-order valence-corrected chi connectivity index (χ0v) is 13.4. The van der Waals surface area contributed by atoms with E-state index in [0.717, 1.165) is 5.56 Å². The lowest BCUT2D eigenvalue weighted by Gasteiger charge is -2.10. The van der Waals surface area contributed by atoms with Crippen LogP contribution >= 0.6 is 12.4 Å². The lowest BCUT2D eigenvalue weighted by atomic mass is 10.1. The topological polar surface area (TPSA) is 77.1 Å². The summed E-state index contributed by atoms with van der Waals surface area (Å²) in [6.45, 7) is 4.05. The Bertz CT molecular complexity index is 693. The SMILES string of the molecule is Cc1ccc(Cn2cccc(NC(=O)[C@@H](C)N)c2=O)cc1.Cl. The Hall–Kier alpha value is -2.11. The molecule has 0 radical (unpaired) electrons. The van der Waals surface area contributed by atoms with Crippen molar-refractivity contribution in [2.24, 2.45) is 5.73 Å². The van der Waals surface area contributed by atoms with Gasteiger partial charge in [-0.25, -0.2) is 0 Å². The quantitative estimate of drug-likeness (QED) is 0.903. The number of hydrogen-bond donors (Lipinski definition) is 2.